The lowest BCUT2D eigenvalue weighted by Gasteiger charge is -2.49. The predicted molar refractivity (Wildman–Crippen MR) is 159 cm³/mol. The lowest BCUT2D eigenvalue weighted by molar-refractivity contribution is -0.295. The number of azide groups is 3. The van der Waals surface area contributed by atoms with Gasteiger partial charge in [-0.1, -0.05) is 89.9 Å². The SMILES string of the molecule is CNC1C[C@@H](N=[N+]=[N-])C(C)[C@@H](C)[C@H]1O[C@@H]1OC(CN=[N+]=[N-])[C@H](OCc2ccccc2)[C@H](OCc2ccccc2)C1N=[N+]=[N-]. The van der Waals surface area contributed by atoms with Crippen LogP contribution in [0.3, 0.4) is 0 Å². The number of rotatable bonds is 13. The molecule has 2 aromatic carbocycles. The topological polar surface area (TPSA) is 195 Å². The molecule has 0 radical (unpaired) electrons. The summed E-state index contributed by atoms with van der Waals surface area (Å²) in [4.78, 5) is 9.12. The van der Waals surface area contributed by atoms with E-state index in [4.69, 9.17) is 30.0 Å². The first-order valence-corrected chi connectivity index (χ1v) is 14.4. The van der Waals surface area contributed by atoms with E-state index in [-0.39, 0.29) is 49.8 Å². The van der Waals surface area contributed by atoms with Gasteiger partial charge in [-0.3, -0.25) is 0 Å². The van der Waals surface area contributed by atoms with Crippen LogP contribution in [-0.4, -0.2) is 62.4 Å². The summed E-state index contributed by atoms with van der Waals surface area (Å²) in [6, 6.07) is 18.0. The van der Waals surface area contributed by atoms with Crippen molar-refractivity contribution in [2.75, 3.05) is 13.6 Å². The van der Waals surface area contributed by atoms with Gasteiger partial charge in [0, 0.05) is 26.8 Å². The summed E-state index contributed by atoms with van der Waals surface area (Å²) in [7, 11) is 1.83. The van der Waals surface area contributed by atoms with Crippen molar-refractivity contribution in [2.24, 2.45) is 27.2 Å². The zero-order valence-electron chi connectivity index (χ0n) is 24.5. The molecule has 2 fully saturated rings. The van der Waals surface area contributed by atoms with Crippen LogP contribution in [0.4, 0.5) is 0 Å². The molecule has 4 rings (SSSR count). The quantitative estimate of drug-likeness (QED) is 0.164. The van der Waals surface area contributed by atoms with E-state index in [0.29, 0.717) is 6.42 Å². The molecule has 0 amide bonds. The summed E-state index contributed by atoms with van der Waals surface area (Å²) < 4.78 is 25.9. The van der Waals surface area contributed by atoms with Gasteiger partial charge in [-0.15, -0.1) is 0 Å². The third-order valence-corrected chi connectivity index (χ3v) is 8.40. The third-order valence-electron chi connectivity index (χ3n) is 8.40. The van der Waals surface area contributed by atoms with Gasteiger partial charge in [0.1, 0.15) is 18.2 Å². The number of benzene rings is 2. The fourth-order valence-corrected chi connectivity index (χ4v) is 5.88. The number of hydrogen-bond acceptors (Lipinski definition) is 8. The lowest BCUT2D eigenvalue weighted by atomic mass is 9.73. The van der Waals surface area contributed by atoms with Crippen LogP contribution in [0.25, 0.3) is 31.3 Å². The maximum absolute atomic E-state index is 9.66. The summed E-state index contributed by atoms with van der Waals surface area (Å²) >= 11 is 0. The van der Waals surface area contributed by atoms with Crippen molar-refractivity contribution in [1.82, 2.24) is 5.32 Å². The average molecular weight is 591 g/mol. The molecule has 1 saturated heterocycles. The standard InChI is InChI=1S/C29H38N10O4/c1-18-19(2)26(23(33-3)14-22(18)35-38-31)43-29-25(36-39-32)28(41-17-21-12-8-5-9-13-21)27(24(42-29)15-34-37-30)40-16-20-10-6-4-7-11-20/h4-13,18-19,22-29,33H,14-17H2,1-3H3/t18?,19-,22-,23?,24?,25?,26-,27+,28-,29+/m1/s1. The van der Waals surface area contributed by atoms with Crippen LogP contribution in [0.1, 0.15) is 31.4 Å². The Bertz CT molecular complexity index is 1300. The van der Waals surface area contributed by atoms with Gasteiger partial charge in [0.15, 0.2) is 6.29 Å². The van der Waals surface area contributed by atoms with Crippen LogP contribution in [0.2, 0.25) is 0 Å². The van der Waals surface area contributed by atoms with Crippen molar-refractivity contribution in [2.45, 2.75) is 82.3 Å². The molecule has 1 aliphatic carbocycles. The van der Waals surface area contributed by atoms with Crippen molar-refractivity contribution >= 4 is 0 Å². The van der Waals surface area contributed by atoms with Crippen LogP contribution >= 0.6 is 0 Å². The molecule has 0 bridgehead atoms. The minimum atomic E-state index is -1.03. The monoisotopic (exact) mass is 590 g/mol. The van der Waals surface area contributed by atoms with E-state index in [2.05, 4.69) is 35.4 Å². The molecular formula is C29H38N10O4. The second-order valence-corrected chi connectivity index (χ2v) is 10.9. The largest absolute Gasteiger partial charge is 0.370 e. The highest BCUT2D eigenvalue weighted by Gasteiger charge is 2.50. The first-order chi connectivity index (χ1) is 21.0. The molecule has 1 aliphatic heterocycles. The first-order valence-electron chi connectivity index (χ1n) is 14.4. The Balaban J connectivity index is 1.67. The molecule has 228 valence electrons. The molecule has 43 heavy (non-hydrogen) atoms. The second-order valence-electron chi connectivity index (χ2n) is 10.9. The van der Waals surface area contributed by atoms with E-state index in [1.54, 1.807) is 0 Å². The van der Waals surface area contributed by atoms with Gasteiger partial charge in [0.2, 0.25) is 0 Å². The zero-order valence-corrected chi connectivity index (χ0v) is 24.5. The molecule has 1 N–H and O–H groups in total. The minimum Gasteiger partial charge on any atom is -0.370 e. The van der Waals surface area contributed by atoms with Gasteiger partial charge in [-0.2, -0.15) is 0 Å². The molecular weight excluding hydrogens is 552 g/mol. The van der Waals surface area contributed by atoms with Crippen molar-refractivity contribution in [3.8, 4) is 0 Å². The summed E-state index contributed by atoms with van der Waals surface area (Å²) in [6.07, 6.45) is -3.13. The highest BCUT2D eigenvalue weighted by molar-refractivity contribution is 5.15. The van der Waals surface area contributed by atoms with E-state index in [9.17, 15) is 5.53 Å². The third kappa shape index (κ3) is 8.17. The minimum absolute atomic E-state index is 0.0260. The lowest BCUT2D eigenvalue weighted by Crippen LogP contribution is -2.62. The Morgan fingerprint density at radius 1 is 0.814 bits per heavy atom. The Morgan fingerprint density at radius 2 is 1.42 bits per heavy atom. The van der Waals surface area contributed by atoms with Gasteiger partial charge in [0.25, 0.3) is 0 Å². The second kappa shape index (κ2) is 16.1. The molecule has 2 aromatic rings. The molecule has 2 aliphatic rings. The molecule has 0 spiro atoms. The van der Waals surface area contributed by atoms with E-state index < -0.39 is 30.6 Å². The number of nitrogens with zero attached hydrogens (tertiary/aromatic N) is 9. The van der Waals surface area contributed by atoms with Crippen molar-refractivity contribution in [3.63, 3.8) is 0 Å². The summed E-state index contributed by atoms with van der Waals surface area (Å²) in [5.41, 5.74) is 29.8. The first kappa shape index (κ1) is 32.1. The van der Waals surface area contributed by atoms with Gasteiger partial charge in [-0.25, -0.2) is 0 Å². The number of ether oxygens (including phenoxy) is 4. The van der Waals surface area contributed by atoms with Gasteiger partial charge in [-0.05, 0) is 53.0 Å². The highest BCUT2D eigenvalue weighted by atomic mass is 16.7. The van der Waals surface area contributed by atoms with Gasteiger partial charge >= 0.3 is 0 Å². The van der Waals surface area contributed by atoms with Crippen LogP contribution < -0.4 is 5.32 Å². The smallest absolute Gasteiger partial charge is 0.169 e. The van der Waals surface area contributed by atoms with Crippen molar-refractivity contribution in [1.29, 1.82) is 0 Å². The Hall–Kier alpha value is -3.83. The molecule has 4 unspecified atom stereocenters. The summed E-state index contributed by atoms with van der Waals surface area (Å²) in [6.45, 7) is 4.48. The van der Waals surface area contributed by atoms with E-state index in [1.165, 1.54) is 0 Å². The van der Waals surface area contributed by atoms with Crippen LogP contribution in [0.5, 0.6) is 0 Å². The van der Waals surface area contributed by atoms with E-state index in [0.717, 1.165) is 11.1 Å². The molecule has 14 heteroatoms. The fraction of sp³-hybridized carbons (Fsp3) is 0.586. The number of hydrogen-bond donors (Lipinski definition) is 1. The molecule has 14 nitrogen and oxygen atoms in total. The summed E-state index contributed by atoms with van der Waals surface area (Å²) in [5, 5.41) is 15.2. The Morgan fingerprint density at radius 3 is 1.98 bits per heavy atom. The van der Waals surface area contributed by atoms with Crippen LogP contribution in [0, 0.1) is 11.8 Å². The van der Waals surface area contributed by atoms with Gasteiger partial charge < -0.3 is 24.3 Å². The summed E-state index contributed by atoms with van der Waals surface area (Å²) in [5.74, 6) is -0.0126. The normalized spacial score (nSPS) is 32.1. The maximum atomic E-state index is 9.66. The molecule has 10 atom stereocenters. The highest BCUT2D eigenvalue weighted by Crippen LogP contribution is 2.38. The molecule has 0 aromatic heterocycles. The van der Waals surface area contributed by atoms with Gasteiger partial charge in [0.05, 0.1) is 32.0 Å². The van der Waals surface area contributed by atoms with E-state index >= 15 is 0 Å². The van der Waals surface area contributed by atoms with E-state index in [1.807, 2.05) is 81.6 Å². The van der Waals surface area contributed by atoms with Crippen molar-refractivity contribution in [3.05, 3.63) is 103 Å². The van der Waals surface area contributed by atoms with Crippen LogP contribution in [-0.2, 0) is 32.2 Å². The number of nitrogens with one attached hydrogen (secondary N) is 1. The van der Waals surface area contributed by atoms with Crippen molar-refractivity contribution < 1.29 is 18.9 Å². The average Bonchev–Trinajstić information content (AvgIpc) is 3.04. The number of likely N-dealkylation sites (N-methyl/N-ethyl adjacent to an activating group) is 1. The maximum Gasteiger partial charge on any atom is 0.169 e. The fourth-order valence-electron chi connectivity index (χ4n) is 5.88. The Labute approximate surface area is 250 Å². The van der Waals surface area contributed by atoms with Crippen LogP contribution in [0.15, 0.2) is 76.0 Å². The molecule has 1 heterocycles. The zero-order chi connectivity index (χ0) is 30.6. The Kier molecular flexibility index (Phi) is 12.0. The molecule has 1 saturated carbocycles. The predicted octanol–water partition coefficient (Wildman–Crippen LogP) is 6.20.